The number of ether oxygens (including phenoxy) is 1. The van der Waals surface area contributed by atoms with Gasteiger partial charge in [-0.1, -0.05) is 13.8 Å². The van der Waals surface area contributed by atoms with Gasteiger partial charge in [0, 0.05) is 25.7 Å². The fourth-order valence-electron chi connectivity index (χ4n) is 2.30. The lowest BCUT2D eigenvalue weighted by atomic mass is 10.1. The first-order valence-corrected chi connectivity index (χ1v) is 6.97. The maximum Gasteiger partial charge on any atom is 0.0630 e. The molecular formula is C14H30N2O. The second kappa shape index (κ2) is 7.34. The Bertz CT molecular complexity index is 204. The Balaban J connectivity index is 2.34. The van der Waals surface area contributed by atoms with Crippen molar-refractivity contribution < 1.29 is 4.74 Å². The summed E-state index contributed by atoms with van der Waals surface area (Å²) in [5.74, 6) is 1.63. The third-order valence-corrected chi connectivity index (χ3v) is 3.81. The molecule has 0 spiro atoms. The molecule has 102 valence electrons. The van der Waals surface area contributed by atoms with Crippen LogP contribution in [0, 0.1) is 11.8 Å². The highest BCUT2D eigenvalue weighted by molar-refractivity contribution is 4.87. The zero-order chi connectivity index (χ0) is 12.8. The van der Waals surface area contributed by atoms with Crippen LogP contribution < -0.4 is 5.32 Å². The summed E-state index contributed by atoms with van der Waals surface area (Å²) in [6, 6.07) is 1.19. The van der Waals surface area contributed by atoms with Gasteiger partial charge in [-0.25, -0.2) is 0 Å². The molecule has 3 nitrogen and oxygen atoms in total. The van der Waals surface area contributed by atoms with Crippen LogP contribution in [0.2, 0.25) is 0 Å². The van der Waals surface area contributed by atoms with E-state index in [9.17, 15) is 0 Å². The van der Waals surface area contributed by atoms with E-state index >= 15 is 0 Å². The highest BCUT2D eigenvalue weighted by Gasteiger charge is 2.33. The predicted molar refractivity (Wildman–Crippen MR) is 73.3 cm³/mol. The largest absolute Gasteiger partial charge is 0.383 e. The van der Waals surface area contributed by atoms with Crippen LogP contribution in [0.5, 0.6) is 0 Å². The molecule has 1 rings (SSSR count). The van der Waals surface area contributed by atoms with E-state index in [4.69, 9.17) is 4.74 Å². The van der Waals surface area contributed by atoms with Crippen molar-refractivity contribution in [1.82, 2.24) is 10.2 Å². The van der Waals surface area contributed by atoms with Gasteiger partial charge in [0.2, 0.25) is 0 Å². The van der Waals surface area contributed by atoms with E-state index < -0.39 is 0 Å². The SMILES string of the molecule is COCC(CNCC(C)C)N(C)C(C)C1CC1. The van der Waals surface area contributed by atoms with Crippen LogP contribution in [0.4, 0.5) is 0 Å². The van der Waals surface area contributed by atoms with E-state index in [1.165, 1.54) is 12.8 Å². The Morgan fingerprint density at radius 1 is 1.24 bits per heavy atom. The van der Waals surface area contributed by atoms with Gasteiger partial charge in [0.15, 0.2) is 0 Å². The molecule has 0 aromatic rings. The van der Waals surface area contributed by atoms with Crippen molar-refractivity contribution >= 4 is 0 Å². The third kappa shape index (κ3) is 5.36. The molecule has 1 aliphatic carbocycles. The number of rotatable bonds is 9. The quantitative estimate of drug-likeness (QED) is 0.669. The Hall–Kier alpha value is -0.120. The van der Waals surface area contributed by atoms with Crippen molar-refractivity contribution in [2.45, 2.75) is 45.7 Å². The zero-order valence-corrected chi connectivity index (χ0v) is 12.2. The predicted octanol–water partition coefficient (Wildman–Crippen LogP) is 1.98. The van der Waals surface area contributed by atoms with E-state index in [0.29, 0.717) is 18.0 Å². The molecule has 2 unspecified atom stereocenters. The molecule has 0 aliphatic heterocycles. The van der Waals surface area contributed by atoms with Crippen LogP contribution in [0.15, 0.2) is 0 Å². The van der Waals surface area contributed by atoms with Gasteiger partial charge in [0.25, 0.3) is 0 Å². The molecular weight excluding hydrogens is 212 g/mol. The molecule has 0 saturated heterocycles. The highest BCUT2D eigenvalue weighted by Crippen LogP contribution is 2.35. The first-order valence-electron chi connectivity index (χ1n) is 6.97. The topological polar surface area (TPSA) is 24.5 Å². The van der Waals surface area contributed by atoms with Crippen LogP contribution in [0.25, 0.3) is 0 Å². The lowest BCUT2D eigenvalue weighted by Gasteiger charge is -2.33. The molecule has 1 aliphatic rings. The fraction of sp³-hybridized carbons (Fsp3) is 1.00. The molecule has 0 bridgehead atoms. The monoisotopic (exact) mass is 242 g/mol. The van der Waals surface area contributed by atoms with Gasteiger partial charge >= 0.3 is 0 Å². The van der Waals surface area contributed by atoms with E-state index in [1.54, 1.807) is 7.11 Å². The maximum atomic E-state index is 5.35. The molecule has 0 aromatic carbocycles. The van der Waals surface area contributed by atoms with E-state index in [-0.39, 0.29) is 0 Å². The van der Waals surface area contributed by atoms with Crippen molar-refractivity contribution in [3.63, 3.8) is 0 Å². The lowest BCUT2D eigenvalue weighted by molar-refractivity contribution is 0.0773. The smallest absolute Gasteiger partial charge is 0.0630 e. The van der Waals surface area contributed by atoms with E-state index in [0.717, 1.165) is 25.6 Å². The minimum absolute atomic E-state index is 0.495. The molecule has 17 heavy (non-hydrogen) atoms. The van der Waals surface area contributed by atoms with Crippen molar-refractivity contribution in [2.24, 2.45) is 11.8 Å². The summed E-state index contributed by atoms with van der Waals surface area (Å²) >= 11 is 0. The molecule has 0 heterocycles. The summed E-state index contributed by atoms with van der Waals surface area (Å²) in [6.45, 7) is 9.77. The first-order chi connectivity index (χ1) is 8.06. The number of hydrogen-bond acceptors (Lipinski definition) is 3. The summed E-state index contributed by atoms with van der Waals surface area (Å²) < 4.78 is 5.35. The molecule has 1 fully saturated rings. The van der Waals surface area contributed by atoms with Crippen molar-refractivity contribution in [3.8, 4) is 0 Å². The first kappa shape index (κ1) is 14.9. The van der Waals surface area contributed by atoms with Gasteiger partial charge in [0.1, 0.15) is 0 Å². The van der Waals surface area contributed by atoms with Gasteiger partial charge in [0.05, 0.1) is 6.61 Å². The summed E-state index contributed by atoms with van der Waals surface area (Å²) in [5, 5.41) is 3.54. The number of likely N-dealkylation sites (N-methyl/N-ethyl adjacent to an activating group) is 1. The van der Waals surface area contributed by atoms with Crippen molar-refractivity contribution in [3.05, 3.63) is 0 Å². The van der Waals surface area contributed by atoms with E-state index in [1.807, 2.05) is 0 Å². The Kier molecular flexibility index (Phi) is 6.45. The molecule has 0 radical (unpaired) electrons. The summed E-state index contributed by atoms with van der Waals surface area (Å²) in [5.41, 5.74) is 0. The Morgan fingerprint density at radius 3 is 2.35 bits per heavy atom. The van der Waals surface area contributed by atoms with Gasteiger partial charge in [-0.15, -0.1) is 0 Å². The number of nitrogens with one attached hydrogen (secondary N) is 1. The van der Waals surface area contributed by atoms with Crippen LogP contribution in [-0.2, 0) is 4.74 Å². The second-order valence-corrected chi connectivity index (χ2v) is 5.90. The van der Waals surface area contributed by atoms with E-state index in [2.05, 4.69) is 38.0 Å². The van der Waals surface area contributed by atoms with Gasteiger partial charge in [-0.2, -0.15) is 0 Å². The number of hydrogen-bond donors (Lipinski definition) is 1. The third-order valence-electron chi connectivity index (χ3n) is 3.81. The van der Waals surface area contributed by atoms with Gasteiger partial charge in [-0.05, 0) is 45.2 Å². The van der Waals surface area contributed by atoms with Gasteiger partial charge < -0.3 is 10.1 Å². The maximum absolute atomic E-state index is 5.35. The van der Waals surface area contributed by atoms with Crippen LogP contribution >= 0.6 is 0 Å². The number of methoxy groups -OCH3 is 1. The Morgan fingerprint density at radius 2 is 1.88 bits per heavy atom. The molecule has 1 saturated carbocycles. The van der Waals surface area contributed by atoms with Gasteiger partial charge in [-0.3, -0.25) is 4.90 Å². The number of nitrogens with zero attached hydrogens (tertiary/aromatic N) is 1. The molecule has 0 amide bonds. The summed E-state index contributed by atoms with van der Waals surface area (Å²) in [4.78, 5) is 2.49. The standard InChI is InChI=1S/C14H30N2O/c1-11(2)8-15-9-14(10-17-5)16(4)12(3)13-6-7-13/h11-15H,6-10H2,1-5H3. The molecule has 0 aromatic heterocycles. The minimum Gasteiger partial charge on any atom is -0.383 e. The molecule has 3 heteroatoms. The Labute approximate surface area is 107 Å². The van der Waals surface area contributed by atoms with Crippen LogP contribution in [0.1, 0.15) is 33.6 Å². The van der Waals surface area contributed by atoms with Crippen LogP contribution in [-0.4, -0.2) is 50.8 Å². The van der Waals surface area contributed by atoms with Crippen molar-refractivity contribution in [2.75, 3.05) is 33.9 Å². The summed E-state index contributed by atoms with van der Waals surface area (Å²) in [7, 11) is 4.04. The van der Waals surface area contributed by atoms with Crippen molar-refractivity contribution in [1.29, 1.82) is 0 Å². The highest BCUT2D eigenvalue weighted by atomic mass is 16.5. The average molecular weight is 242 g/mol. The average Bonchev–Trinajstić information content (AvgIpc) is 3.09. The second-order valence-electron chi connectivity index (χ2n) is 5.90. The minimum atomic E-state index is 0.495. The lowest BCUT2D eigenvalue weighted by Crippen LogP contribution is -2.48. The zero-order valence-electron chi connectivity index (χ0n) is 12.2. The fourth-order valence-corrected chi connectivity index (χ4v) is 2.30. The molecule has 1 N–H and O–H groups in total. The summed E-state index contributed by atoms with van der Waals surface area (Å²) in [6.07, 6.45) is 2.81. The van der Waals surface area contributed by atoms with Crippen LogP contribution in [0.3, 0.4) is 0 Å². The molecule has 2 atom stereocenters. The normalized spacial score (nSPS) is 19.9.